The Morgan fingerprint density at radius 1 is 1.14 bits per heavy atom. The van der Waals surface area contributed by atoms with Crippen LogP contribution in [0.1, 0.15) is 6.92 Å². The van der Waals surface area contributed by atoms with Gasteiger partial charge in [0.1, 0.15) is 0 Å². The van der Waals surface area contributed by atoms with E-state index in [9.17, 15) is 0 Å². The molecule has 0 fully saturated rings. The third kappa shape index (κ3) is 118. The van der Waals surface area contributed by atoms with E-state index in [4.69, 9.17) is 0 Å². The zero-order valence-electron chi connectivity index (χ0n) is 4.01. The molecule has 0 rings (SSSR count). The van der Waals surface area contributed by atoms with E-state index >= 15 is 0 Å². The summed E-state index contributed by atoms with van der Waals surface area (Å²) >= 11 is 0. The van der Waals surface area contributed by atoms with Gasteiger partial charge in [0.15, 0.2) is 0 Å². The van der Waals surface area contributed by atoms with E-state index in [1.54, 1.807) is 6.08 Å². The molecule has 4 heteroatoms. The van der Waals surface area contributed by atoms with E-state index in [1.807, 2.05) is 6.92 Å². The van der Waals surface area contributed by atoms with Crippen LogP contribution in [0.2, 0.25) is 0 Å². The molecule has 0 aromatic rings. The first-order chi connectivity index (χ1) is 1.41. The second kappa shape index (κ2) is 54.2. The number of hydrogen-bond acceptors (Lipinski definition) is 0. The third-order valence-electron chi connectivity index (χ3n) is 0. The number of allylic oxidation sites excluding steroid dienone is 1. The maximum absolute atomic E-state index is 3.36. The van der Waals surface area contributed by atoms with Gasteiger partial charge in [-0.25, -0.2) is 0 Å². The predicted molar refractivity (Wildman–Crippen MR) is 37.6 cm³/mol. The van der Waals surface area contributed by atoms with Gasteiger partial charge in [0, 0.05) is 21.7 Å². The zero-order chi connectivity index (χ0) is 2.71. The van der Waals surface area contributed by atoms with Crippen LogP contribution >= 0.6 is 37.2 Å². The van der Waals surface area contributed by atoms with Crippen LogP contribution in [-0.2, 0) is 21.7 Å². The minimum atomic E-state index is 0. The van der Waals surface area contributed by atoms with E-state index in [0.717, 1.165) is 0 Å². The summed E-state index contributed by atoms with van der Waals surface area (Å²) in [4.78, 5) is 0. The molecule has 0 atom stereocenters. The first kappa shape index (κ1) is 40.4. The molecule has 7 heavy (non-hydrogen) atoms. The van der Waals surface area contributed by atoms with Crippen LogP contribution in [0.3, 0.4) is 0 Å². The fourth-order valence-electron chi connectivity index (χ4n) is 0. The Kier molecular flexibility index (Phi) is 313. The van der Waals surface area contributed by atoms with Gasteiger partial charge in [-0.1, -0.05) is 6.08 Å². The predicted octanol–water partition coefficient (Wildman–Crippen LogP) is 2.46. The summed E-state index contributed by atoms with van der Waals surface area (Å²) in [7, 11) is 0. The molecular formula is C3H9Cl3Ti. The molecule has 0 bridgehead atoms. The van der Waals surface area contributed by atoms with Gasteiger partial charge in [0.25, 0.3) is 0 Å². The maximum atomic E-state index is 3.36. The smallest absolute Gasteiger partial charge is 0 e. The van der Waals surface area contributed by atoms with E-state index in [0.29, 0.717) is 0 Å². The Hall–Kier alpha value is 1.32. The Morgan fingerprint density at radius 2 is 1.14 bits per heavy atom. The molecule has 0 spiro atoms. The van der Waals surface area contributed by atoms with Crippen molar-refractivity contribution < 1.29 is 21.7 Å². The molecule has 0 aromatic carbocycles. The summed E-state index contributed by atoms with van der Waals surface area (Å²) in [6, 6.07) is 0. The molecular weight excluding hydrogens is 190 g/mol. The van der Waals surface area contributed by atoms with Gasteiger partial charge in [0.05, 0.1) is 0 Å². The quantitative estimate of drug-likeness (QED) is 0.415. The van der Waals surface area contributed by atoms with Crippen LogP contribution < -0.4 is 0 Å². The van der Waals surface area contributed by atoms with Gasteiger partial charge in [-0.05, 0) is 6.92 Å². The second-order valence-electron chi connectivity index (χ2n) is 0.408. The number of hydrogen-bond donors (Lipinski definition) is 0. The van der Waals surface area contributed by atoms with Gasteiger partial charge in [0.2, 0.25) is 0 Å². The average molecular weight is 199 g/mol. The molecule has 0 heterocycles. The summed E-state index contributed by atoms with van der Waals surface area (Å²) in [6.07, 6.45) is 1.75. The van der Waals surface area contributed by atoms with Crippen molar-refractivity contribution in [2.75, 3.05) is 0 Å². The number of rotatable bonds is 0. The molecule has 0 saturated carbocycles. The average Bonchev–Trinajstić information content (AvgIpc) is 0.918. The fraction of sp³-hybridized carbons (Fsp3) is 0.333. The molecule has 0 unspecified atom stereocenters. The van der Waals surface area contributed by atoms with Crippen LogP contribution in [0.5, 0.6) is 0 Å². The summed E-state index contributed by atoms with van der Waals surface area (Å²) in [5.74, 6) is 0. The van der Waals surface area contributed by atoms with E-state index in [-0.39, 0.29) is 58.9 Å². The van der Waals surface area contributed by atoms with E-state index in [1.165, 1.54) is 0 Å². The standard InChI is InChI=1S/C3H6.3ClH.Ti/c1-3-2;;;;/h3H,1H2,2H3;3*1H;. The fourth-order valence-corrected chi connectivity index (χ4v) is 0. The minimum absolute atomic E-state index is 0. The molecule has 0 saturated heterocycles. The first-order valence-corrected chi connectivity index (χ1v) is 0.986. The van der Waals surface area contributed by atoms with Crippen LogP contribution in [0.25, 0.3) is 0 Å². The van der Waals surface area contributed by atoms with Gasteiger partial charge in [-0.3, -0.25) is 0 Å². The van der Waals surface area contributed by atoms with Gasteiger partial charge >= 0.3 is 0 Å². The van der Waals surface area contributed by atoms with Crippen molar-refractivity contribution in [3.8, 4) is 0 Å². The monoisotopic (exact) mass is 198 g/mol. The Bertz CT molecular complexity index is 17.7. The van der Waals surface area contributed by atoms with Crippen molar-refractivity contribution in [2.45, 2.75) is 6.92 Å². The second-order valence-corrected chi connectivity index (χ2v) is 0.408. The van der Waals surface area contributed by atoms with Crippen molar-refractivity contribution in [1.29, 1.82) is 0 Å². The topological polar surface area (TPSA) is 0 Å². The zero-order valence-corrected chi connectivity index (χ0v) is 8.02. The Balaban J connectivity index is -0.00000000333. The Morgan fingerprint density at radius 3 is 1.14 bits per heavy atom. The van der Waals surface area contributed by atoms with Crippen LogP contribution in [0.15, 0.2) is 12.7 Å². The Labute approximate surface area is 78.2 Å². The van der Waals surface area contributed by atoms with E-state index < -0.39 is 0 Å². The molecule has 0 aliphatic heterocycles. The van der Waals surface area contributed by atoms with Crippen molar-refractivity contribution in [3.05, 3.63) is 12.7 Å². The van der Waals surface area contributed by atoms with Gasteiger partial charge < -0.3 is 0 Å². The van der Waals surface area contributed by atoms with E-state index in [2.05, 4.69) is 6.58 Å². The maximum Gasteiger partial charge on any atom is 0 e. The normalized spacial score (nSPS) is 1.86. The summed E-state index contributed by atoms with van der Waals surface area (Å²) in [6.45, 7) is 5.25. The SMILES string of the molecule is C=CC.Cl.Cl.Cl.[Ti]. The molecule has 0 aliphatic rings. The van der Waals surface area contributed by atoms with Crippen molar-refractivity contribution in [1.82, 2.24) is 0 Å². The molecule has 0 N–H and O–H groups in total. The molecule has 0 aliphatic carbocycles. The first-order valence-electron chi connectivity index (χ1n) is 0.986. The van der Waals surface area contributed by atoms with Crippen molar-refractivity contribution >= 4 is 37.2 Å². The third-order valence-corrected chi connectivity index (χ3v) is 0. The van der Waals surface area contributed by atoms with Crippen LogP contribution in [-0.4, -0.2) is 0 Å². The summed E-state index contributed by atoms with van der Waals surface area (Å²) in [5, 5.41) is 0. The van der Waals surface area contributed by atoms with Crippen molar-refractivity contribution in [3.63, 3.8) is 0 Å². The van der Waals surface area contributed by atoms with Crippen LogP contribution in [0, 0.1) is 0 Å². The summed E-state index contributed by atoms with van der Waals surface area (Å²) in [5.41, 5.74) is 0. The molecule has 46 valence electrons. The molecule has 0 nitrogen and oxygen atoms in total. The minimum Gasteiger partial charge on any atom is -0.147 e. The van der Waals surface area contributed by atoms with Gasteiger partial charge in [-0.15, -0.1) is 43.8 Å². The van der Waals surface area contributed by atoms with Crippen molar-refractivity contribution in [2.24, 2.45) is 0 Å². The summed E-state index contributed by atoms with van der Waals surface area (Å²) < 4.78 is 0. The number of halogens is 3. The largest absolute Gasteiger partial charge is 0.147 e. The molecule has 0 aromatic heterocycles. The molecule has 0 radical (unpaired) electrons. The van der Waals surface area contributed by atoms with Crippen LogP contribution in [0.4, 0.5) is 0 Å². The van der Waals surface area contributed by atoms with Gasteiger partial charge in [-0.2, -0.15) is 0 Å². The molecule has 0 amide bonds.